The van der Waals surface area contributed by atoms with Gasteiger partial charge >= 0.3 is 0 Å². The number of hydrogen-bond acceptors (Lipinski definition) is 1. The minimum atomic E-state index is 0.786. The standard InChI is InChI=1S/C22H34.C16H24O.C15H28/c1-3-4-18-7-11-20(12-8-18)22-15-13-21(14-16-22)19-9-5-17(2)6-10-19;1-3-4-13-5-7-14(8-6-13)15-9-11-16(17-2)12-10-15;1-3-13-6-10-15(11-7-13)14-8-4-12(2)5-9-14/h5-6,9-10,18,20-22H,3-4,7-8,11-16H2,1-2H3;9-14H,3-8H2,1-2H3;12-15H,3-11H2,1-2H3. The van der Waals surface area contributed by atoms with Crippen molar-refractivity contribution >= 4 is 0 Å². The smallest absolute Gasteiger partial charge is 0.118 e. The summed E-state index contributed by atoms with van der Waals surface area (Å²) in [6.45, 7) is 11.6. The highest BCUT2D eigenvalue weighted by molar-refractivity contribution is 5.29. The Labute approximate surface area is 336 Å². The molecule has 7 rings (SSSR count). The highest BCUT2D eigenvalue weighted by Crippen LogP contribution is 2.45. The Kier molecular flexibility index (Phi) is 18.8. The molecule has 0 atom stereocenters. The Morgan fingerprint density at radius 2 is 0.796 bits per heavy atom. The summed E-state index contributed by atoms with van der Waals surface area (Å²) in [5, 5.41) is 0. The quantitative estimate of drug-likeness (QED) is 0.236. The summed E-state index contributed by atoms with van der Waals surface area (Å²) in [6.07, 6.45) is 36.9. The third kappa shape index (κ3) is 13.7. The van der Waals surface area contributed by atoms with Gasteiger partial charge in [-0.15, -0.1) is 0 Å². The second-order valence-corrected chi connectivity index (χ2v) is 19.6. The fourth-order valence-corrected chi connectivity index (χ4v) is 12.0. The lowest BCUT2D eigenvalue weighted by Gasteiger charge is -2.38. The highest BCUT2D eigenvalue weighted by atomic mass is 16.5. The van der Waals surface area contributed by atoms with E-state index < -0.39 is 0 Å². The van der Waals surface area contributed by atoms with Gasteiger partial charge in [0, 0.05) is 0 Å². The number of rotatable bonds is 10. The molecule has 5 fully saturated rings. The van der Waals surface area contributed by atoms with Crippen LogP contribution < -0.4 is 4.74 Å². The van der Waals surface area contributed by atoms with E-state index in [9.17, 15) is 0 Å². The van der Waals surface area contributed by atoms with Crippen LogP contribution in [0.1, 0.15) is 217 Å². The molecule has 1 nitrogen and oxygen atoms in total. The number of benzene rings is 2. The lowest BCUT2D eigenvalue weighted by molar-refractivity contribution is 0.149. The average molecular weight is 739 g/mol. The summed E-state index contributed by atoms with van der Waals surface area (Å²) >= 11 is 0. The second kappa shape index (κ2) is 23.5. The van der Waals surface area contributed by atoms with Crippen LogP contribution in [0.15, 0.2) is 48.5 Å². The first-order chi connectivity index (χ1) is 26.4. The number of ether oxygens (including phenoxy) is 1. The first kappa shape index (κ1) is 43.4. The number of methoxy groups -OCH3 is 1. The van der Waals surface area contributed by atoms with Crippen LogP contribution in [-0.4, -0.2) is 7.11 Å². The molecular weight excluding hydrogens is 653 g/mol. The molecule has 0 heterocycles. The summed E-state index contributed by atoms with van der Waals surface area (Å²) in [4.78, 5) is 0. The first-order valence-electron chi connectivity index (χ1n) is 24.1. The van der Waals surface area contributed by atoms with E-state index in [4.69, 9.17) is 4.74 Å². The van der Waals surface area contributed by atoms with Gasteiger partial charge in [0.2, 0.25) is 0 Å². The fraction of sp³-hybridized carbons (Fsp3) is 0.774. The summed E-state index contributed by atoms with van der Waals surface area (Å²) in [7, 11) is 1.73. The highest BCUT2D eigenvalue weighted by Gasteiger charge is 2.32. The van der Waals surface area contributed by atoms with Crippen LogP contribution in [0.2, 0.25) is 0 Å². The molecule has 0 unspecified atom stereocenters. The molecule has 2 aromatic rings. The molecule has 0 radical (unpaired) electrons. The van der Waals surface area contributed by atoms with E-state index >= 15 is 0 Å². The maximum Gasteiger partial charge on any atom is 0.118 e. The van der Waals surface area contributed by atoms with Crippen LogP contribution in [0.5, 0.6) is 5.75 Å². The normalized spacial score (nSPS) is 33.0. The Bertz CT molecular complexity index is 1220. The molecule has 5 aliphatic rings. The minimum absolute atomic E-state index is 0.786. The fourth-order valence-electron chi connectivity index (χ4n) is 12.0. The molecule has 54 heavy (non-hydrogen) atoms. The third-order valence-corrected chi connectivity index (χ3v) is 15.9. The molecule has 0 bridgehead atoms. The maximum absolute atomic E-state index is 5.21. The lowest BCUT2D eigenvalue weighted by Crippen LogP contribution is -2.25. The van der Waals surface area contributed by atoms with Crippen molar-refractivity contribution in [3.63, 3.8) is 0 Å². The summed E-state index contributed by atoms with van der Waals surface area (Å²) in [5.41, 5.74) is 4.48. The Morgan fingerprint density at radius 1 is 0.444 bits per heavy atom. The zero-order chi connectivity index (χ0) is 38.1. The van der Waals surface area contributed by atoms with Gasteiger partial charge in [0.1, 0.15) is 5.75 Å². The Hall–Kier alpha value is -1.76. The number of hydrogen-bond donors (Lipinski definition) is 0. The molecule has 0 amide bonds. The molecule has 0 spiro atoms. The van der Waals surface area contributed by atoms with Gasteiger partial charge in [-0.1, -0.05) is 140 Å². The van der Waals surface area contributed by atoms with Crippen LogP contribution in [0.4, 0.5) is 0 Å². The van der Waals surface area contributed by atoms with E-state index in [0.29, 0.717) is 0 Å². The second-order valence-electron chi connectivity index (χ2n) is 19.6. The predicted molar refractivity (Wildman–Crippen MR) is 236 cm³/mol. The summed E-state index contributed by atoms with van der Waals surface area (Å²) < 4.78 is 5.21. The molecule has 0 aliphatic heterocycles. The van der Waals surface area contributed by atoms with Gasteiger partial charge in [-0.3, -0.25) is 0 Å². The van der Waals surface area contributed by atoms with Crippen molar-refractivity contribution in [3.05, 3.63) is 65.2 Å². The van der Waals surface area contributed by atoms with E-state index in [0.717, 1.165) is 64.9 Å². The average Bonchev–Trinajstić information content (AvgIpc) is 3.23. The molecule has 5 saturated carbocycles. The summed E-state index contributed by atoms with van der Waals surface area (Å²) in [6, 6.07) is 18.0. The van der Waals surface area contributed by atoms with Gasteiger partial charge in [-0.2, -0.15) is 0 Å². The molecule has 0 aromatic heterocycles. The minimum Gasteiger partial charge on any atom is -0.497 e. The SMILES string of the molecule is CCC1CCC(C2CCC(C)CC2)CC1.CCCC1CCC(C2CCC(c3ccc(C)cc3)CC2)CC1.CCCC1CCC(c2ccc(OC)cc2)CC1. The molecule has 0 N–H and O–H groups in total. The van der Waals surface area contributed by atoms with Gasteiger partial charge < -0.3 is 4.74 Å². The van der Waals surface area contributed by atoms with Gasteiger partial charge in [-0.05, 0) is 179 Å². The molecule has 304 valence electrons. The molecule has 1 heteroatoms. The van der Waals surface area contributed by atoms with Gasteiger partial charge in [0.25, 0.3) is 0 Å². The Morgan fingerprint density at radius 3 is 1.20 bits per heavy atom. The Balaban J connectivity index is 0.000000159. The van der Waals surface area contributed by atoms with Crippen LogP contribution in [0, 0.1) is 54.3 Å². The van der Waals surface area contributed by atoms with Crippen molar-refractivity contribution in [1.29, 1.82) is 0 Å². The topological polar surface area (TPSA) is 9.23 Å². The van der Waals surface area contributed by atoms with Crippen LogP contribution in [0.25, 0.3) is 0 Å². The van der Waals surface area contributed by atoms with Crippen LogP contribution in [-0.2, 0) is 0 Å². The molecule has 5 aliphatic carbocycles. The predicted octanol–water partition coefficient (Wildman–Crippen LogP) is 16.7. The van der Waals surface area contributed by atoms with Crippen molar-refractivity contribution in [2.45, 2.75) is 207 Å². The molecule has 2 aromatic carbocycles. The number of aryl methyl sites for hydroxylation is 1. The lowest BCUT2D eigenvalue weighted by atomic mass is 9.68. The van der Waals surface area contributed by atoms with Crippen molar-refractivity contribution in [2.24, 2.45) is 47.3 Å². The van der Waals surface area contributed by atoms with E-state index in [2.05, 4.69) is 83.1 Å². The van der Waals surface area contributed by atoms with Gasteiger partial charge in [0.05, 0.1) is 7.11 Å². The molecule has 0 saturated heterocycles. The summed E-state index contributed by atoms with van der Waals surface area (Å²) in [5.74, 6) is 11.1. The largest absolute Gasteiger partial charge is 0.497 e. The monoisotopic (exact) mass is 739 g/mol. The van der Waals surface area contributed by atoms with Crippen LogP contribution >= 0.6 is 0 Å². The van der Waals surface area contributed by atoms with E-state index in [1.807, 2.05) is 0 Å². The molecular formula is C53H86O. The zero-order valence-corrected chi connectivity index (χ0v) is 36.5. The van der Waals surface area contributed by atoms with E-state index in [1.54, 1.807) is 38.4 Å². The van der Waals surface area contributed by atoms with Crippen molar-refractivity contribution in [1.82, 2.24) is 0 Å². The maximum atomic E-state index is 5.21. The van der Waals surface area contributed by atoms with E-state index in [-0.39, 0.29) is 0 Å². The van der Waals surface area contributed by atoms with E-state index in [1.165, 1.54) is 146 Å². The van der Waals surface area contributed by atoms with Gasteiger partial charge in [-0.25, -0.2) is 0 Å². The van der Waals surface area contributed by atoms with Gasteiger partial charge in [0.15, 0.2) is 0 Å². The van der Waals surface area contributed by atoms with Crippen molar-refractivity contribution in [2.75, 3.05) is 7.11 Å². The van der Waals surface area contributed by atoms with Crippen molar-refractivity contribution in [3.8, 4) is 5.75 Å². The van der Waals surface area contributed by atoms with Crippen molar-refractivity contribution < 1.29 is 4.74 Å². The first-order valence-corrected chi connectivity index (χ1v) is 24.1. The third-order valence-electron chi connectivity index (χ3n) is 15.9. The van der Waals surface area contributed by atoms with Crippen LogP contribution in [0.3, 0.4) is 0 Å². The zero-order valence-electron chi connectivity index (χ0n) is 36.5.